The van der Waals surface area contributed by atoms with E-state index >= 15 is 0 Å². The average Bonchev–Trinajstić information content (AvgIpc) is 3.31. The van der Waals surface area contributed by atoms with E-state index in [0.717, 1.165) is 0 Å². The number of carbonyl (C=O) groups excluding carboxylic acids is 7. The van der Waals surface area contributed by atoms with E-state index < -0.39 is 87.8 Å². The van der Waals surface area contributed by atoms with Gasteiger partial charge < -0.3 is 31.7 Å². The molecule has 1 heterocycles. The topological polar surface area (TPSA) is 260 Å². The predicted octanol–water partition coefficient (Wildman–Crippen LogP) is 0.0532. The predicted molar refractivity (Wildman–Crippen MR) is 179 cm³/mol. The second-order valence-corrected chi connectivity index (χ2v) is 13.9. The van der Waals surface area contributed by atoms with Gasteiger partial charge in [0.25, 0.3) is 10.1 Å². The van der Waals surface area contributed by atoms with Crippen LogP contribution < -0.4 is 27.0 Å². The number of likely N-dealkylation sites (tertiary alicyclic amines) is 1. The van der Waals surface area contributed by atoms with Gasteiger partial charge in [-0.15, -0.1) is 6.42 Å². The van der Waals surface area contributed by atoms with Crippen molar-refractivity contribution in [3.63, 3.8) is 0 Å². The fourth-order valence-electron chi connectivity index (χ4n) is 4.77. The molecular formula is C32H44N6O11S. The van der Waals surface area contributed by atoms with Crippen LogP contribution in [0.5, 0.6) is 0 Å². The maximum Gasteiger partial charge on any atom is 0.312 e. The van der Waals surface area contributed by atoms with E-state index in [1.807, 2.05) is 0 Å². The van der Waals surface area contributed by atoms with Crippen molar-refractivity contribution in [3.8, 4) is 12.3 Å². The Morgan fingerprint density at radius 2 is 1.66 bits per heavy atom. The van der Waals surface area contributed by atoms with Gasteiger partial charge in [-0.25, -0.2) is 4.79 Å². The minimum atomic E-state index is -5.08. The standard InChI is InChI=1S/C32H44N6O11S/c1-6-21-16-25(39)38(30(21)43)15-13-24(50(46,47)48)28(41)37-26(18(2)3)29(42)36-23(8-7-14-34-32(33)45)27(40)35-22-11-9-20(10-12-22)17-49-31(44)19(4)5/h1,9-12,18-19,21,23-24,26H,7-8,13-17H2,2-5H3,(H,35,40)(H,36,42)(H,37,41)(H3,33,34,45)(H,46,47,48)/t21?,23-,24+,26-/m0/s1. The molecule has 1 saturated heterocycles. The molecule has 0 saturated carbocycles. The Hall–Kier alpha value is -5.02. The van der Waals surface area contributed by atoms with Crippen LogP contribution in [-0.4, -0.2) is 89.8 Å². The van der Waals surface area contributed by atoms with Gasteiger partial charge in [-0.05, 0) is 42.9 Å². The molecule has 1 aliphatic rings. The highest BCUT2D eigenvalue weighted by Crippen LogP contribution is 2.20. The number of hydrogen-bond acceptors (Lipinski definition) is 10. The number of benzene rings is 1. The molecule has 2 rings (SSSR count). The summed E-state index contributed by atoms with van der Waals surface area (Å²) in [5, 5.41) is 7.74. The molecule has 4 atom stereocenters. The van der Waals surface area contributed by atoms with Crippen LogP contribution in [0.3, 0.4) is 0 Å². The van der Waals surface area contributed by atoms with Crippen LogP contribution in [0.1, 0.15) is 58.9 Å². The molecule has 1 fully saturated rings. The quantitative estimate of drug-likeness (QED) is 0.0388. The number of nitrogens with one attached hydrogen (secondary N) is 4. The number of terminal acetylenes is 1. The van der Waals surface area contributed by atoms with Gasteiger partial charge in [-0.1, -0.05) is 45.7 Å². The number of rotatable bonds is 18. The lowest BCUT2D eigenvalue weighted by molar-refractivity contribution is -0.148. The van der Waals surface area contributed by atoms with Crippen LogP contribution in [0.15, 0.2) is 24.3 Å². The van der Waals surface area contributed by atoms with Gasteiger partial charge in [0.15, 0.2) is 5.25 Å². The molecular weight excluding hydrogens is 676 g/mol. The summed E-state index contributed by atoms with van der Waals surface area (Å²) in [6.45, 7) is 6.06. The van der Waals surface area contributed by atoms with E-state index in [9.17, 15) is 46.5 Å². The third-order valence-corrected chi connectivity index (χ3v) is 8.80. The normalized spacial score (nSPS) is 16.3. The molecule has 18 heteroatoms. The number of hydrogen-bond donors (Lipinski definition) is 6. The lowest BCUT2D eigenvalue weighted by Gasteiger charge is -2.27. The number of nitrogens with zero attached hydrogens (tertiary/aromatic N) is 1. The summed E-state index contributed by atoms with van der Waals surface area (Å²) >= 11 is 0. The van der Waals surface area contributed by atoms with Crippen molar-refractivity contribution >= 4 is 57.3 Å². The minimum absolute atomic E-state index is 0.00401. The first kappa shape index (κ1) is 41.2. The van der Waals surface area contributed by atoms with Crippen molar-refractivity contribution in [2.45, 2.75) is 77.3 Å². The zero-order chi connectivity index (χ0) is 37.8. The Bertz CT molecular complexity index is 1590. The highest BCUT2D eigenvalue weighted by molar-refractivity contribution is 7.87. The largest absolute Gasteiger partial charge is 0.461 e. The summed E-state index contributed by atoms with van der Waals surface area (Å²) in [6, 6.07) is 2.98. The molecule has 0 spiro atoms. The van der Waals surface area contributed by atoms with E-state index in [2.05, 4.69) is 27.2 Å². The third kappa shape index (κ3) is 12.5. The molecule has 0 radical (unpaired) electrons. The van der Waals surface area contributed by atoms with Gasteiger partial charge in [0.05, 0.1) is 5.92 Å². The number of nitrogens with two attached hydrogens (primary N) is 1. The molecule has 1 aromatic rings. The van der Waals surface area contributed by atoms with Crippen LogP contribution in [-0.2, 0) is 50.2 Å². The molecule has 7 N–H and O–H groups in total. The summed E-state index contributed by atoms with van der Waals surface area (Å²) in [4.78, 5) is 88.1. The number of esters is 1. The molecule has 0 aromatic heterocycles. The lowest BCUT2D eigenvalue weighted by Crippen LogP contribution is -2.56. The molecule has 1 aromatic carbocycles. The summed E-state index contributed by atoms with van der Waals surface area (Å²) < 4.78 is 39.4. The van der Waals surface area contributed by atoms with Crippen molar-refractivity contribution in [2.75, 3.05) is 18.4 Å². The summed E-state index contributed by atoms with van der Waals surface area (Å²) in [5.74, 6) is -4.38. The van der Waals surface area contributed by atoms with Crippen molar-refractivity contribution in [2.24, 2.45) is 23.5 Å². The van der Waals surface area contributed by atoms with E-state index in [0.29, 0.717) is 16.2 Å². The lowest BCUT2D eigenvalue weighted by atomic mass is 10.0. The number of carbonyl (C=O) groups is 7. The number of primary amides is 1. The van der Waals surface area contributed by atoms with Crippen LogP contribution in [0, 0.1) is 30.1 Å². The molecule has 1 aliphatic heterocycles. The average molecular weight is 721 g/mol. The zero-order valence-corrected chi connectivity index (χ0v) is 29.1. The molecule has 17 nitrogen and oxygen atoms in total. The Kier molecular flexibility index (Phi) is 15.4. The number of ether oxygens (including phenoxy) is 1. The highest BCUT2D eigenvalue weighted by atomic mass is 32.2. The second-order valence-electron chi connectivity index (χ2n) is 12.3. The molecule has 274 valence electrons. The fourth-order valence-corrected chi connectivity index (χ4v) is 5.52. The fraction of sp³-hybridized carbons (Fsp3) is 0.531. The van der Waals surface area contributed by atoms with Crippen molar-refractivity contribution < 1.29 is 51.3 Å². The van der Waals surface area contributed by atoms with Gasteiger partial charge >= 0.3 is 12.0 Å². The summed E-state index contributed by atoms with van der Waals surface area (Å²) in [5.41, 5.74) is 6.11. The number of amides is 7. The second kappa shape index (κ2) is 18.7. The van der Waals surface area contributed by atoms with Crippen molar-refractivity contribution in [1.82, 2.24) is 20.9 Å². The first-order chi connectivity index (χ1) is 23.3. The first-order valence-electron chi connectivity index (χ1n) is 15.8. The van der Waals surface area contributed by atoms with Crippen LogP contribution in [0.4, 0.5) is 10.5 Å². The molecule has 0 aliphatic carbocycles. The van der Waals surface area contributed by atoms with Crippen LogP contribution in [0.2, 0.25) is 0 Å². The van der Waals surface area contributed by atoms with Gasteiger partial charge in [0, 0.05) is 25.2 Å². The van der Waals surface area contributed by atoms with Crippen LogP contribution >= 0.6 is 0 Å². The Morgan fingerprint density at radius 1 is 1.02 bits per heavy atom. The Labute approximate surface area is 290 Å². The van der Waals surface area contributed by atoms with Crippen LogP contribution in [0.25, 0.3) is 0 Å². The molecule has 1 unspecified atom stereocenters. The SMILES string of the molecule is C#CC1CC(=O)N(CC[C@H](C(=O)N[C@H](C(=O)N[C@@H](CCCNC(N)=O)C(=O)Nc2ccc(COC(=O)C(C)C)cc2)C(C)C)S(=O)(=O)O)C1=O. The maximum atomic E-state index is 13.5. The number of anilines is 1. The van der Waals surface area contributed by atoms with E-state index in [-0.39, 0.29) is 44.3 Å². The smallest absolute Gasteiger partial charge is 0.312 e. The van der Waals surface area contributed by atoms with Gasteiger partial charge in [-0.2, -0.15) is 8.42 Å². The minimum Gasteiger partial charge on any atom is -0.461 e. The van der Waals surface area contributed by atoms with Gasteiger partial charge in [0.1, 0.15) is 24.6 Å². The number of urea groups is 1. The first-order valence-corrected chi connectivity index (χ1v) is 17.3. The van der Waals surface area contributed by atoms with Crippen molar-refractivity contribution in [1.29, 1.82) is 0 Å². The molecule has 7 amide bonds. The highest BCUT2D eigenvalue weighted by Gasteiger charge is 2.40. The van der Waals surface area contributed by atoms with E-state index in [1.165, 1.54) is 0 Å². The van der Waals surface area contributed by atoms with E-state index in [1.54, 1.807) is 52.0 Å². The summed E-state index contributed by atoms with van der Waals surface area (Å²) in [7, 11) is -5.08. The van der Waals surface area contributed by atoms with E-state index in [4.69, 9.17) is 16.9 Å². The van der Waals surface area contributed by atoms with Gasteiger partial charge in [0.2, 0.25) is 29.5 Å². The molecule has 0 bridgehead atoms. The maximum absolute atomic E-state index is 13.5. The molecule has 50 heavy (non-hydrogen) atoms. The Morgan fingerprint density at radius 3 is 2.18 bits per heavy atom. The van der Waals surface area contributed by atoms with Gasteiger partial charge in [-0.3, -0.25) is 38.2 Å². The number of imide groups is 1. The van der Waals surface area contributed by atoms with Crippen molar-refractivity contribution in [3.05, 3.63) is 29.8 Å². The zero-order valence-electron chi connectivity index (χ0n) is 28.3. The summed E-state index contributed by atoms with van der Waals surface area (Å²) in [6.07, 6.45) is 4.50. The Balaban J connectivity index is 2.18. The third-order valence-electron chi connectivity index (χ3n) is 7.63. The monoisotopic (exact) mass is 720 g/mol.